The second-order valence-electron chi connectivity index (χ2n) is 7.99. The Bertz CT molecular complexity index is 1100. The maximum atomic E-state index is 13.6. The first kappa shape index (κ1) is 25.8. The number of carbonyl (C=O) groups excluding carboxylic acids is 2. The zero-order valence-corrected chi connectivity index (χ0v) is 21.1. The molecule has 0 saturated carbocycles. The van der Waals surface area contributed by atoms with Crippen molar-refractivity contribution >= 4 is 47.4 Å². The first-order valence-electron chi connectivity index (χ1n) is 11.3. The van der Waals surface area contributed by atoms with E-state index >= 15 is 0 Å². The van der Waals surface area contributed by atoms with Gasteiger partial charge in [-0.25, -0.2) is 0 Å². The van der Waals surface area contributed by atoms with Crippen molar-refractivity contribution in [1.82, 2.24) is 4.90 Å². The van der Waals surface area contributed by atoms with Gasteiger partial charge in [0.2, 0.25) is 11.8 Å². The second-order valence-corrected chi connectivity index (χ2v) is 9.14. The van der Waals surface area contributed by atoms with Gasteiger partial charge in [0.25, 0.3) is 0 Å². The summed E-state index contributed by atoms with van der Waals surface area (Å²) in [5.74, 6) is -0.0938. The number of carbonyl (C=O) groups is 2. The van der Waals surface area contributed by atoms with E-state index in [1.165, 1.54) is 4.90 Å². The molecule has 34 heavy (non-hydrogen) atoms. The minimum atomic E-state index is -0.368. The van der Waals surface area contributed by atoms with Crippen molar-refractivity contribution in [1.29, 1.82) is 0 Å². The lowest BCUT2D eigenvalue weighted by Crippen LogP contribution is -2.42. The Labute approximate surface area is 211 Å². The molecule has 1 heterocycles. The summed E-state index contributed by atoms with van der Waals surface area (Å²) in [5.41, 5.74) is 2.37. The van der Waals surface area contributed by atoms with E-state index in [1.54, 1.807) is 11.8 Å². The van der Waals surface area contributed by atoms with Gasteiger partial charge in [-0.15, -0.1) is 12.4 Å². The van der Waals surface area contributed by atoms with Crippen LogP contribution in [-0.2, 0) is 9.59 Å². The third kappa shape index (κ3) is 6.00. The molecule has 0 spiro atoms. The Balaban J connectivity index is 0.00000324. The zero-order chi connectivity index (χ0) is 23.2. The summed E-state index contributed by atoms with van der Waals surface area (Å²) < 4.78 is 0. The summed E-state index contributed by atoms with van der Waals surface area (Å²) in [5, 5.41) is 2.98. The molecular formula is C27H30ClN3O2S. The molecule has 4 rings (SSSR count). The number of rotatable bonds is 7. The van der Waals surface area contributed by atoms with Crippen molar-refractivity contribution in [3.8, 4) is 0 Å². The fourth-order valence-corrected chi connectivity index (χ4v) is 4.94. The van der Waals surface area contributed by atoms with Crippen molar-refractivity contribution < 1.29 is 9.59 Å². The van der Waals surface area contributed by atoms with Gasteiger partial charge in [0, 0.05) is 9.79 Å². The van der Waals surface area contributed by atoms with Gasteiger partial charge >= 0.3 is 0 Å². The van der Waals surface area contributed by atoms with Crippen molar-refractivity contribution in [3.05, 3.63) is 84.4 Å². The van der Waals surface area contributed by atoms with E-state index < -0.39 is 0 Å². The molecule has 178 valence electrons. The van der Waals surface area contributed by atoms with Gasteiger partial charge in [0.1, 0.15) is 0 Å². The van der Waals surface area contributed by atoms with Crippen LogP contribution in [0, 0.1) is 0 Å². The molecule has 0 aliphatic carbocycles. The zero-order valence-electron chi connectivity index (χ0n) is 19.4. The maximum Gasteiger partial charge on any atom is 0.241 e. The Morgan fingerprint density at radius 3 is 2.24 bits per heavy atom. The highest BCUT2D eigenvalue weighted by Crippen LogP contribution is 2.39. The van der Waals surface area contributed by atoms with Crippen LogP contribution < -0.4 is 10.2 Å². The smallest absolute Gasteiger partial charge is 0.241 e. The highest BCUT2D eigenvalue weighted by Gasteiger charge is 2.33. The van der Waals surface area contributed by atoms with Crippen LogP contribution in [-0.4, -0.2) is 36.3 Å². The molecule has 0 saturated heterocycles. The Kier molecular flexibility index (Phi) is 9.16. The van der Waals surface area contributed by atoms with Gasteiger partial charge in [-0.05, 0) is 55.1 Å². The molecule has 2 amide bonds. The van der Waals surface area contributed by atoms with E-state index in [2.05, 4.69) is 48.3 Å². The third-order valence-corrected chi connectivity index (χ3v) is 6.91. The first-order chi connectivity index (χ1) is 16.1. The highest BCUT2D eigenvalue weighted by molar-refractivity contribution is 7.99. The average molecular weight is 496 g/mol. The molecular weight excluding hydrogens is 466 g/mol. The maximum absolute atomic E-state index is 13.6. The van der Waals surface area contributed by atoms with E-state index in [-0.39, 0.29) is 36.7 Å². The second kappa shape index (κ2) is 12.1. The summed E-state index contributed by atoms with van der Waals surface area (Å²) >= 11 is 1.69. The predicted molar refractivity (Wildman–Crippen MR) is 142 cm³/mol. The molecule has 0 bridgehead atoms. The third-order valence-electron chi connectivity index (χ3n) is 5.89. The molecule has 0 fully saturated rings. The summed E-state index contributed by atoms with van der Waals surface area (Å²) in [4.78, 5) is 32.6. The van der Waals surface area contributed by atoms with E-state index in [9.17, 15) is 9.59 Å². The number of likely N-dealkylation sites (N-methyl/N-ethyl adjacent to an activating group) is 1. The molecule has 1 aliphatic rings. The van der Waals surface area contributed by atoms with Crippen molar-refractivity contribution in [2.75, 3.05) is 29.9 Å². The van der Waals surface area contributed by atoms with Crippen molar-refractivity contribution in [3.63, 3.8) is 0 Å². The SMILES string of the molecule is CCN(CC)CC(=O)N1c2ccccc2NC(=O)CC1c1ccc(Sc2ccccc2)cc1.Cl. The number of halogens is 1. The molecule has 1 unspecified atom stereocenters. The van der Waals surface area contributed by atoms with Crippen LogP contribution in [0.5, 0.6) is 0 Å². The van der Waals surface area contributed by atoms with E-state index in [1.807, 2.05) is 59.5 Å². The standard InChI is InChI=1S/C27H29N3O2S.ClH/c1-3-29(4-2)19-27(32)30-24-13-9-8-12-23(24)28-26(31)18-25(30)20-14-16-22(17-15-20)33-21-10-6-5-7-11-21;/h5-17,25H,3-4,18-19H2,1-2H3,(H,28,31);1H. The van der Waals surface area contributed by atoms with Crippen LogP contribution in [0.2, 0.25) is 0 Å². The number of anilines is 2. The minimum Gasteiger partial charge on any atom is -0.324 e. The number of nitrogens with zero attached hydrogens (tertiary/aromatic N) is 2. The number of para-hydroxylation sites is 2. The lowest BCUT2D eigenvalue weighted by atomic mass is 10.0. The lowest BCUT2D eigenvalue weighted by Gasteiger charge is -2.32. The largest absolute Gasteiger partial charge is 0.324 e. The first-order valence-corrected chi connectivity index (χ1v) is 12.2. The van der Waals surface area contributed by atoms with Crippen LogP contribution in [0.25, 0.3) is 0 Å². The monoisotopic (exact) mass is 495 g/mol. The van der Waals surface area contributed by atoms with E-state index in [0.29, 0.717) is 12.2 Å². The summed E-state index contributed by atoms with van der Waals surface area (Å²) in [6.07, 6.45) is 0.212. The van der Waals surface area contributed by atoms with E-state index in [0.717, 1.165) is 29.2 Å². The van der Waals surface area contributed by atoms with Gasteiger partial charge in [0.05, 0.1) is 30.4 Å². The van der Waals surface area contributed by atoms with Gasteiger partial charge in [-0.2, -0.15) is 0 Å². The number of hydrogen-bond donors (Lipinski definition) is 1. The molecule has 0 radical (unpaired) electrons. The molecule has 3 aromatic carbocycles. The van der Waals surface area contributed by atoms with Gasteiger partial charge in [-0.1, -0.05) is 68.1 Å². The number of nitrogens with one attached hydrogen (secondary N) is 1. The Hall–Kier alpha value is -2.80. The molecule has 7 heteroatoms. The molecule has 1 atom stereocenters. The predicted octanol–water partition coefficient (Wildman–Crippen LogP) is 6.02. The average Bonchev–Trinajstić information content (AvgIpc) is 2.99. The molecule has 1 N–H and O–H groups in total. The molecule has 3 aromatic rings. The minimum absolute atomic E-state index is 0. The van der Waals surface area contributed by atoms with Crippen LogP contribution in [0.15, 0.2) is 88.7 Å². The Morgan fingerprint density at radius 1 is 0.941 bits per heavy atom. The van der Waals surface area contributed by atoms with Crippen LogP contribution >= 0.6 is 24.2 Å². The topological polar surface area (TPSA) is 52.7 Å². The quantitative estimate of drug-likeness (QED) is 0.435. The van der Waals surface area contributed by atoms with Crippen molar-refractivity contribution in [2.45, 2.75) is 36.1 Å². The van der Waals surface area contributed by atoms with Gasteiger partial charge < -0.3 is 10.2 Å². The van der Waals surface area contributed by atoms with Gasteiger partial charge in [0.15, 0.2) is 0 Å². The fourth-order valence-electron chi connectivity index (χ4n) is 4.10. The number of hydrogen-bond acceptors (Lipinski definition) is 4. The summed E-state index contributed by atoms with van der Waals surface area (Å²) in [7, 11) is 0. The van der Waals surface area contributed by atoms with Crippen LogP contribution in [0.1, 0.15) is 31.9 Å². The summed E-state index contributed by atoms with van der Waals surface area (Å²) in [6.45, 7) is 6.02. The normalized spacial score (nSPS) is 15.2. The number of amides is 2. The van der Waals surface area contributed by atoms with Crippen LogP contribution in [0.3, 0.4) is 0 Å². The van der Waals surface area contributed by atoms with Crippen molar-refractivity contribution in [2.24, 2.45) is 0 Å². The Morgan fingerprint density at radius 2 is 1.56 bits per heavy atom. The van der Waals surface area contributed by atoms with Gasteiger partial charge in [-0.3, -0.25) is 14.5 Å². The van der Waals surface area contributed by atoms with E-state index in [4.69, 9.17) is 0 Å². The number of benzene rings is 3. The fraction of sp³-hybridized carbons (Fsp3) is 0.259. The summed E-state index contributed by atoms with van der Waals surface area (Å²) in [6, 6.07) is 25.6. The van der Waals surface area contributed by atoms with Crippen LogP contribution in [0.4, 0.5) is 11.4 Å². The molecule has 1 aliphatic heterocycles. The molecule has 0 aromatic heterocycles. The number of fused-ring (bicyclic) bond motifs is 1. The lowest BCUT2D eigenvalue weighted by molar-refractivity contribution is -0.120. The molecule has 5 nitrogen and oxygen atoms in total. The highest BCUT2D eigenvalue weighted by atomic mass is 35.5.